The van der Waals surface area contributed by atoms with Crippen molar-refractivity contribution in [3.05, 3.63) is 58.1 Å². The monoisotopic (exact) mass is 285 g/mol. The topological polar surface area (TPSA) is 64.6 Å². The summed E-state index contributed by atoms with van der Waals surface area (Å²) >= 11 is 0. The van der Waals surface area contributed by atoms with Crippen LogP contribution in [0.2, 0.25) is 0 Å². The predicted molar refractivity (Wildman–Crippen MR) is 79.0 cm³/mol. The minimum Gasteiger partial charge on any atom is -0.504 e. The third-order valence-electron chi connectivity index (χ3n) is 3.41. The number of hydrogen-bond acceptors (Lipinski definition) is 4. The third kappa shape index (κ3) is 2.38. The van der Waals surface area contributed by atoms with E-state index in [0.717, 1.165) is 16.6 Å². The zero-order chi connectivity index (χ0) is 15.0. The van der Waals surface area contributed by atoms with Gasteiger partial charge < -0.3 is 14.3 Å². The Morgan fingerprint density at radius 3 is 2.81 bits per heavy atom. The summed E-state index contributed by atoms with van der Waals surface area (Å²) in [4.78, 5) is 12.0. The number of ether oxygens (including phenoxy) is 1. The number of aromatic nitrogens is 1. The zero-order valence-corrected chi connectivity index (χ0v) is 11.8. The molecule has 0 aliphatic heterocycles. The average Bonchev–Trinajstić information content (AvgIpc) is 2.77. The second-order valence-electron chi connectivity index (χ2n) is 4.93. The van der Waals surface area contributed by atoms with E-state index in [1.807, 2.05) is 19.1 Å². The van der Waals surface area contributed by atoms with Crippen molar-refractivity contribution in [2.45, 2.75) is 13.5 Å². The molecule has 0 saturated carbocycles. The summed E-state index contributed by atoms with van der Waals surface area (Å²) in [6, 6.07) is 10.6. The predicted octanol–water partition coefficient (Wildman–Crippen LogP) is 2.67. The molecule has 2 aromatic carbocycles. The molecule has 0 unspecified atom stereocenters. The Morgan fingerprint density at radius 1 is 1.24 bits per heavy atom. The van der Waals surface area contributed by atoms with Crippen LogP contribution in [0.3, 0.4) is 0 Å². The van der Waals surface area contributed by atoms with Gasteiger partial charge in [0, 0.05) is 0 Å². The third-order valence-corrected chi connectivity index (χ3v) is 3.41. The van der Waals surface area contributed by atoms with Crippen molar-refractivity contribution >= 4 is 11.1 Å². The van der Waals surface area contributed by atoms with Gasteiger partial charge in [0.05, 0.1) is 19.2 Å². The van der Waals surface area contributed by atoms with Crippen molar-refractivity contribution in [1.29, 1.82) is 0 Å². The van der Waals surface area contributed by atoms with Crippen molar-refractivity contribution in [2.24, 2.45) is 0 Å². The number of aromatic hydroxyl groups is 1. The van der Waals surface area contributed by atoms with E-state index in [1.54, 1.807) is 28.8 Å². The van der Waals surface area contributed by atoms with Gasteiger partial charge in [0.2, 0.25) is 0 Å². The number of benzene rings is 2. The second kappa shape index (κ2) is 5.01. The number of rotatable bonds is 3. The molecule has 0 spiro atoms. The number of phenolic OH excluding ortho intramolecular Hbond substituents is 1. The number of fused-ring (bicyclic) bond motifs is 1. The highest BCUT2D eigenvalue weighted by molar-refractivity contribution is 5.73. The van der Waals surface area contributed by atoms with Crippen LogP contribution in [-0.2, 0) is 6.54 Å². The second-order valence-corrected chi connectivity index (χ2v) is 4.93. The Labute approximate surface area is 121 Å². The first-order valence-corrected chi connectivity index (χ1v) is 6.54. The van der Waals surface area contributed by atoms with Crippen LogP contribution in [0.15, 0.2) is 45.6 Å². The van der Waals surface area contributed by atoms with Gasteiger partial charge in [0.1, 0.15) is 0 Å². The molecule has 1 aromatic heterocycles. The van der Waals surface area contributed by atoms with E-state index in [1.165, 1.54) is 7.11 Å². The first-order valence-electron chi connectivity index (χ1n) is 6.54. The molecule has 0 atom stereocenters. The van der Waals surface area contributed by atoms with Gasteiger partial charge in [-0.25, -0.2) is 4.79 Å². The molecule has 0 bridgehead atoms. The lowest BCUT2D eigenvalue weighted by atomic mass is 10.2. The fraction of sp³-hybridized carbons (Fsp3) is 0.188. The highest BCUT2D eigenvalue weighted by atomic mass is 16.5. The molecule has 1 N–H and O–H groups in total. The quantitative estimate of drug-likeness (QED) is 0.803. The Hall–Kier alpha value is -2.69. The zero-order valence-electron chi connectivity index (χ0n) is 11.8. The number of hydrogen-bond donors (Lipinski definition) is 1. The average molecular weight is 285 g/mol. The lowest BCUT2D eigenvalue weighted by Gasteiger charge is -2.07. The molecular formula is C16H15NO4. The van der Waals surface area contributed by atoms with Gasteiger partial charge in [0.15, 0.2) is 17.1 Å². The molecule has 0 radical (unpaired) electrons. The molecule has 3 aromatic rings. The maximum atomic E-state index is 12.0. The highest BCUT2D eigenvalue weighted by Gasteiger charge is 2.11. The number of aryl methyl sites for hydroxylation is 1. The van der Waals surface area contributed by atoms with E-state index in [9.17, 15) is 9.90 Å². The lowest BCUT2D eigenvalue weighted by molar-refractivity contribution is 0.372. The van der Waals surface area contributed by atoms with Gasteiger partial charge in [-0.05, 0) is 42.3 Å². The Balaban J connectivity index is 2.07. The van der Waals surface area contributed by atoms with Gasteiger partial charge >= 0.3 is 5.76 Å². The normalized spacial score (nSPS) is 11.0. The fourth-order valence-corrected chi connectivity index (χ4v) is 2.32. The molecule has 0 amide bonds. The maximum absolute atomic E-state index is 12.0. The molecule has 108 valence electrons. The summed E-state index contributed by atoms with van der Waals surface area (Å²) in [7, 11) is 1.49. The molecule has 5 nitrogen and oxygen atoms in total. The molecule has 0 saturated heterocycles. The molecule has 0 aliphatic carbocycles. The molecule has 0 fully saturated rings. The Bertz CT molecular complexity index is 860. The smallest absolute Gasteiger partial charge is 0.420 e. The van der Waals surface area contributed by atoms with Crippen molar-refractivity contribution in [1.82, 2.24) is 4.57 Å². The van der Waals surface area contributed by atoms with Crippen LogP contribution in [0.5, 0.6) is 11.5 Å². The van der Waals surface area contributed by atoms with Gasteiger partial charge in [-0.1, -0.05) is 12.1 Å². The van der Waals surface area contributed by atoms with Gasteiger partial charge in [0.25, 0.3) is 0 Å². The molecule has 3 rings (SSSR count). The van der Waals surface area contributed by atoms with Gasteiger partial charge in [-0.15, -0.1) is 0 Å². The van der Waals surface area contributed by atoms with E-state index in [-0.39, 0.29) is 5.75 Å². The van der Waals surface area contributed by atoms with Crippen molar-refractivity contribution < 1.29 is 14.3 Å². The van der Waals surface area contributed by atoms with Crippen molar-refractivity contribution in [3.8, 4) is 11.5 Å². The Morgan fingerprint density at radius 2 is 2.05 bits per heavy atom. The first-order chi connectivity index (χ1) is 10.1. The highest BCUT2D eigenvalue weighted by Crippen LogP contribution is 2.27. The summed E-state index contributed by atoms with van der Waals surface area (Å²) in [5.41, 5.74) is 3.22. The molecule has 5 heteroatoms. The van der Waals surface area contributed by atoms with Crippen LogP contribution in [0, 0.1) is 6.92 Å². The van der Waals surface area contributed by atoms with Crippen LogP contribution in [0.4, 0.5) is 0 Å². The van der Waals surface area contributed by atoms with Crippen LogP contribution < -0.4 is 10.5 Å². The van der Waals surface area contributed by atoms with Crippen molar-refractivity contribution in [2.75, 3.05) is 7.11 Å². The van der Waals surface area contributed by atoms with Crippen LogP contribution in [-0.4, -0.2) is 16.8 Å². The fourth-order valence-electron chi connectivity index (χ4n) is 2.32. The van der Waals surface area contributed by atoms with Gasteiger partial charge in [-0.3, -0.25) is 4.57 Å². The molecular weight excluding hydrogens is 270 g/mol. The molecule has 0 aliphatic rings. The Kier molecular flexibility index (Phi) is 3.17. The van der Waals surface area contributed by atoms with E-state index in [2.05, 4.69) is 0 Å². The summed E-state index contributed by atoms with van der Waals surface area (Å²) < 4.78 is 11.9. The van der Waals surface area contributed by atoms with E-state index >= 15 is 0 Å². The standard InChI is InChI=1S/C16H15NO4/c1-10-3-6-14-12(7-10)17(16(19)21-14)9-11-4-5-13(18)15(8-11)20-2/h3-8,18H,9H2,1-2H3. The summed E-state index contributed by atoms with van der Waals surface area (Å²) in [5.74, 6) is 0.0497. The van der Waals surface area contributed by atoms with Crippen LogP contribution in [0.1, 0.15) is 11.1 Å². The number of nitrogens with zero attached hydrogens (tertiary/aromatic N) is 1. The number of oxazole rings is 1. The minimum absolute atomic E-state index is 0.0708. The maximum Gasteiger partial charge on any atom is 0.420 e. The largest absolute Gasteiger partial charge is 0.504 e. The first kappa shape index (κ1) is 13.3. The van der Waals surface area contributed by atoms with E-state index < -0.39 is 5.76 Å². The SMILES string of the molecule is COc1cc(Cn2c(=O)oc3ccc(C)cc32)ccc1O. The van der Waals surface area contributed by atoms with Crippen LogP contribution in [0.25, 0.3) is 11.1 Å². The number of phenols is 1. The summed E-state index contributed by atoms with van der Waals surface area (Å²) in [5, 5.41) is 9.61. The molecule has 1 heterocycles. The van der Waals surface area contributed by atoms with E-state index in [4.69, 9.17) is 9.15 Å². The van der Waals surface area contributed by atoms with Gasteiger partial charge in [-0.2, -0.15) is 0 Å². The van der Waals surface area contributed by atoms with E-state index in [0.29, 0.717) is 17.9 Å². The minimum atomic E-state index is -0.400. The summed E-state index contributed by atoms with van der Waals surface area (Å²) in [6.07, 6.45) is 0. The number of methoxy groups -OCH3 is 1. The van der Waals surface area contributed by atoms with Crippen molar-refractivity contribution in [3.63, 3.8) is 0 Å². The lowest BCUT2D eigenvalue weighted by Crippen LogP contribution is -2.14. The van der Waals surface area contributed by atoms with Crippen LogP contribution >= 0.6 is 0 Å². The molecule has 21 heavy (non-hydrogen) atoms. The summed E-state index contributed by atoms with van der Waals surface area (Å²) in [6.45, 7) is 2.32.